The topological polar surface area (TPSA) is 42.2 Å². The van der Waals surface area contributed by atoms with E-state index in [1.165, 1.54) is 17.4 Å². The van der Waals surface area contributed by atoms with Crippen LogP contribution in [0.5, 0.6) is 0 Å². The molecule has 0 saturated carbocycles. The van der Waals surface area contributed by atoms with Crippen molar-refractivity contribution < 1.29 is 9.21 Å². The van der Waals surface area contributed by atoms with Gasteiger partial charge in [0.05, 0.1) is 17.9 Å². The van der Waals surface area contributed by atoms with Gasteiger partial charge in [0, 0.05) is 15.7 Å². The number of hydrogen-bond donors (Lipinski definition) is 1. The van der Waals surface area contributed by atoms with Crippen LogP contribution in [0.2, 0.25) is 5.02 Å². The fourth-order valence-electron chi connectivity index (χ4n) is 2.15. The minimum Gasteiger partial charge on any atom is -0.472 e. The molecule has 2 aromatic rings. The van der Waals surface area contributed by atoms with Gasteiger partial charge >= 0.3 is 0 Å². The predicted molar refractivity (Wildman–Crippen MR) is 75.7 cm³/mol. The molecular weight excluding hydrogens is 282 g/mol. The number of amides is 1. The molecule has 98 valence electrons. The standard InChI is InChI=1S/C14H12ClNO2S/c15-10-1-2-13-11(7-10)12(4-6-19-13)16-14(17)9-3-5-18-8-9/h1-3,5,7-8,12H,4,6H2,(H,16,17). The number of carbonyl (C=O) groups excluding carboxylic acids is 1. The highest BCUT2D eigenvalue weighted by Crippen LogP contribution is 2.37. The zero-order valence-electron chi connectivity index (χ0n) is 10.1. The SMILES string of the molecule is O=C(NC1CCSc2ccc(Cl)cc21)c1ccoc1. The summed E-state index contributed by atoms with van der Waals surface area (Å²) in [6.45, 7) is 0. The van der Waals surface area contributed by atoms with Crippen molar-refractivity contribution in [2.75, 3.05) is 5.75 Å². The summed E-state index contributed by atoms with van der Waals surface area (Å²) in [5.74, 6) is 0.877. The molecule has 1 aliphatic heterocycles. The summed E-state index contributed by atoms with van der Waals surface area (Å²) >= 11 is 7.84. The third kappa shape index (κ3) is 2.65. The van der Waals surface area contributed by atoms with Gasteiger partial charge in [0.25, 0.3) is 5.91 Å². The maximum absolute atomic E-state index is 12.1. The Bertz CT molecular complexity index is 597. The van der Waals surface area contributed by atoms with Gasteiger partial charge in [0.1, 0.15) is 6.26 Å². The van der Waals surface area contributed by atoms with E-state index in [0.717, 1.165) is 17.7 Å². The molecule has 0 saturated heterocycles. The van der Waals surface area contributed by atoms with Gasteiger partial charge in [0.2, 0.25) is 0 Å². The Balaban J connectivity index is 1.84. The van der Waals surface area contributed by atoms with Crippen molar-refractivity contribution in [3.05, 3.63) is 52.9 Å². The van der Waals surface area contributed by atoms with Crippen LogP contribution in [0.1, 0.15) is 28.4 Å². The first kappa shape index (κ1) is 12.6. The number of benzene rings is 1. The maximum atomic E-state index is 12.1. The smallest absolute Gasteiger partial charge is 0.255 e. The number of halogens is 1. The molecule has 5 heteroatoms. The van der Waals surface area contributed by atoms with Crippen LogP contribution in [0, 0.1) is 0 Å². The molecule has 0 bridgehead atoms. The van der Waals surface area contributed by atoms with Gasteiger partial charge in [0.15, 0.2) is 0 Å². The highest BCUT2D eigenvalue weighted by atomic mass is 35.5. The molecule has 2 heterocycles. The summed E-state index contributed by atoms with van der Waals surface area (Å²) < 4.78 is 4.93. The molecular formula is C14H12ClNO2S. The normalized spacial score (nSPS) is 17.8. The van der Waals surface area contributed by atoms with Gasteiger partial charge in [-0.15, -0.1) is 11.8 Å². The van der Waals surface area contributed by atoms with E-state index in [0.29, 0.717) is 10.6 Å². The van der Waals surface area contributed by atoms with Gasteiger partial charge in [-0.05, 0) is 36.2 Å². The number of hydrogen-bond acceptors (Lipinski definition) is 3. The minimum absolute atomic E-state index is 0.0114. The van der Waals surface area contributed by atoms with Crippen molar-refractivity contribution in [3.63, 3.8) is 0 Å². The lowest BCUT2D eigenvalue weighted by Crippen LogP contribution is -2.30. The van der Waals surface area contributed by atoms with Crippen LogP contribution in [0.25, 0.3) is 0 Å². The molecule has 0 spiro atoms. The molecule has 19 heavy (non-hydrogen) atoms. The first-order chi connectivity index (χ1) is 9.24. The number of carbonyl (C=O) groups is 1. The lowest BCUT2D eigenvalue weighted by Gasteiger charge is -2.26. The Morgan fingerprint density at radius 2 is 2.32 bits per heavy atom. The molecule has 3 nitrogen and oxygen atoms in total. The third-order valence-electron chi connectivity index (χ3n) is 3.10. The molecule has 0 fully saturated rings. The van der Waals surface area contributed by atoms with Crippen molar-refractivity contribution in [3.8, 4) is 0 Å². The molecule has 1 aromatic heterocycles. The van der Waals surface area contributed by atoms with Crippen LogP contribution in [-0.2, 0) is 0 Å². The van der Waals surface area contributed by atoms with Crippen molar-refractivity contribution in [2.24, 2.45) is 0 Å². The molecule has 3 rings (SSSR count). The van der Waals surface area contributed by atoms with E-state index in [2.05, 4.69) is 5.32 Å². The van der Waals surface area contributed by atoms with Crippen molar-refractivity contribution >= 4 is 29.3 Å². The average molecular weight is 294 g/mol. The Morgan fingerprint density at radius 3 is 3.11 bits per heavy atom. The molecule has 0 radical (unpaired) electrons. The van der Waals surface area contributed by atoms with Gasteiger partial charge in [-0.1, -0.05) is 11.6 Å². The molecule has 1 N–H and O–H groups in total. The largest absolute Gasteiger partial charge is 0.472 e. The fourth-order valence-corrected chi connectivity index (χ4v) is 3.44. The van der Waals surface area contributed by atoms with E-state index in [9.17, 15) is 4.79 Å². The van der Waals surface area contributed by atoms with E-state index in [4.69, 9.17) is 16.0 Å². The Labute approximate surface area is 120 Å². The molecule has 0 aliphatic carbocycles. The maximum Gasteiger partial charge on any atom is 0.255 e. The summed E-state index contributed by atoms with van der Waals surface area (Å²) in [5, 5.41) is 3.73. The molecule has 1 amide bonds. The summed E-state index contributed by atoms with van der Waals surface area (Å²) in [5.41, 5.74) is 1.64. The second kappa shape index (κ2) is 5.31. The van der Waals surface area contributed by atoms with Crippen LogP contribution >= 0.6 is 23.4 Å². The monoisotopic (exact) mass is 293 g/mol. The highest BCUT2D eigenvalue weighted by Gasteiger charge is 2.23. The number of thioether (sulfide) groups is 1. The van der Waals surface area contributed by atoms with Crippen LogP contribution in [0.15, 0.2) is 46.1 Å². The fraction of sp³-hybridized carbons (Fsp3) is 0.214. The Kier molecular flexibility index (Phi) is 3.53. The summed E-state index contributed by atoms with van der Waals surface area (Å²) in [6, 6.07) is 7.50. The molecule has 1 aromatic carbocycles. The van der Waals surface area contributed by atoms with E-state index in [-0.39, 0.29) is 11.9 Å². The van der Waals surface area contributed by atoms with Gasteiger partial charge in [-0.25, -0.2) is 0 Å². The third-order valence-corrected chi connectivity index (χ3v) is 4.46. The van der Waals surface area contributed by atoms with Gasteiger partial charge in [-0.2, -0.15) is 0 Å². The molecule has 1 atom stereocenters. The molecule has 1 aliphatic rings. The van der Waals surface area contributed by atoms with E-state index < -0.39 is 0 Å². The van der Waals surface area contributed by atoms with Crippen LogP contribution in [0.3, 0.4) is 0 Å². The van der Waals surface area contributed by atoms with E-state index >= 15 is 0 Å². The second-order valence-corrected chi connectivity index (χ2v) is 5.93. The lowest BCUT2D eigenvalue weighted by molar-refractivity contribution is 0.0934. The number of nitrogens with one attached hydrogen (secondary N) is 1. The van der Waals surface area contributed by atoms with Crippen molar-refractivity contribution in [2.45, 2.75) is 17.4 Å². The summed E-state index contributed by atoms with van der Waals surface area (Å²) in [4.78, 5) is 13.2. The average Bonchev–Trinajstić information content (AvgIpc) is 2.93. The molecule has 1 unspecified atom stereocenters. The number of rotatable bonds is 2. The van der Waals surface area contributed by atoms with Crippen molar-refractivity contribution in [1.82, 2.24) is 5.32 Å². The van der Waals surface area contributed by atoms with E-state index in [1.807, 2.05) is 18.2 Å². The Morgan fingerprint density at radius 1 is 1.42 bits per heavy atom. The number of furan rings is 1. The zero-order valence-corrected chi connectivity index (χ0v) is 11.6. The van der Waals surface area contributed by atoms with E-state index in [1.54, 1.807) is 17.8 Å². The number of fused-ring (bicyclic) bond motifs is 1. The van der Waals surface area contributed by atoms with Gasteiger partial charge in [-0.3, -0.25) is 4.79 Å². The summed E-state index contributed by atoms with van der Waals surface area (Å²) in [7, 11) is 0. The lowest BCUT2D eigenvalue weighted by atomic mass is 10.0. The highest BCUT2D eigenvalue weighted by molar-refractivity contribution is 7.99. The van der Waals surface area contributed by atoms with Crippen LogP contribution in [0.4, 0.5) is 0 Å². The quantitative estimate of drug-likeness (QED) is 0.913. The van der Waals surface area contributed by atoms with Gasteiger partial charge < -0.3 is 9.73 Å². The first-order valence-electron chi connectivity index (χ1n) is 5.99. The second-order valence-electron chi connectivity index (χ2n) is 4.36. The predicted octanol–water partition coefficient (Wildman–Crippen LogP) is 3.90. The van der Waals surface area contributed by atoms with Crippen LogP contribution < -0.4 is 5.32 Å². The zero-order chi connectivity index (χ0) is 13.2. The van der Waals surface area contributed by atoms with Crippen molar-refractivity contribution in [1.29, 1.82) is 0 Å². The Hall–Kier alpha value is -1.39. The minimum atomic E-state index is -0.114. The summed E-state index contributed by atoms with van der Waals surface area (Å²) in [6.07, 6.45) is 3.85. The van der Waals surface area contributed by atoms with Crippen LogP contribution in [-0.4, -0.2) is 11.7 Å². The first-order valence-corrected chi connectivity index (χ1v) is 7.36.